The molecule has 0 aromatic heterocycles. The lowest BCUT2D eigenvalue weighted by atomic mass is 10.2. The lowest BCUT2D eigenvalue weighted by molar-refractivity contribution is 0.416. The quantitative estimate of drug-likeness (QED) is 0.846. The molecule has 2 rings (SSSR count). The Labute approximate surface area is 128 Å². The summed E-state index contributed by atoms with van der Waals surface area (Å²) in [4.78, 5) is -0.0770. The second kappa shape index (κ2) is 5.83. The monoisotopic (exact) mass is 326 g/mol. The van der Waals surface area contributed by atoms with Crippen LogP contribution in [0.4, 0.5) is 11.4 Å². The average Bonchev–Trinajstić information content (AvgIpc) is 2.43. The van der Waals surface area contributed by atoms with E-state index >= 15 is 0 Å². The van der Waals surface area contributed by atoms with Gasteiger partial charge in [0.2, 0.25) is 0 Å². The number of hydrogen-bond donors (Lipinski definition) is 2. The molecular formula is C14H15ClN2O3S. The molecule has 0 unspecified atom stereocenters. The topological polar surface area (TPSA) is 81.4 Å². The van der Waals surface area contributed by atoms with Crippen molar-refractivity contribution in [3.63, 3.8) is 0 Å². The number of sulfonamides is 1. The van der Waals surface area contributed by atoms with Crippen LogP contribution in [0.5, 0.6) is 5.75 Å². The second-order valence-electron chi connectivity index (χ2n) is 4.50. The van der Waals surface area contributed by atoms with Crippen LogP contribution in [0.1, 0.15) is 5.56 Å². The summed E-state index contributed by atoms with van der Waals surface area (Å²) in [6.45, 7) is 1.88. The largest absolute Gasteiger partial charge is 0.495 e. The lowest BCUT2D eigenvalue weighted by Crippen LogP contribution is -2.14. The maximum Gasteiger partial charge on any atom is 0.263 e. The van der Waals surface area contributed by atoms with Gasteiger partial charge in [-0.1, -0.05) is 17.7 Å². The van der Waals surface area contributed by atoms with E-state index in [1.54, 1.807) is 18.2 Å². The molecule has 0 aliphatic carbocycles. The highest BCUT2D eigenvalue weighted by Gasteiger charge is 2.20. The van der Waals surface area contributed by atoms with Crippen LogP contribution in [0.3, 0.4) is 0 Å². The molecule has 0 aliphatic rings. The first-order chi connectivity index (χ1) is 9.83. The van der Waals surface area contributed by atoms with Gasteiger partial charge in [0.25, 0.3) is 10.0 Å². The standard InChI is InChI=1S/C14H15ClN2O3S/c1-9-3-6-12(13(7-9)20-2)17-21(18,19)14-8-10(16)4-5-11(14)15/h3-8,17H,16H2,1-2H3. The Kier molecular flexibility index (Phi) is 4.29. The van der Waals surface area contributed by atoms with Crippen molar-refractivity contribution in [1.29, 1.82) is 0 Å². The average molecular weight is 327 g/mol. The number of nitrogens with one attached hydrogen (secondary N) is 1. The molecule has 0 saturated heterocycles. The zero-order valence-corrected chi connectivity index (χ0v) is 13.1. The molecule has 5 nitrogen and oxygen atoms in total. The second-order valence-corrected chi connectivity index (χ2v) is 6.56. The fourth-order valence-corrected chi connectivity index (χ4v) is 3.41. The minimum atomic E-state index is -3.85. The van der Waals surface area contributed by atoms with Crippen molar-refractivity contribution in [1.82, 2.24) is 0 Å². The van der Waals surface area contributed by atoms with E-state index in [4.69, 9.17) is 22.1 Å². The SMILES string of the molecule is COc1cc(C)ccc1NS(=O)(=O)c1cc(N)ccc1Cl. The first-order valence-corrected chi connectivity index (χ1v) is 7.92. The smallest absolute Gasteiger partial charge is 0.263 e. The van der Waals surface area contributed by atoms with Crippen molar-refractivity contribution >= 4 is 33.0 Å². The number of halogens is 1. The van der Waals surface area contributed by atoms with Crippen molar-refractivity contribution in [2.24, 2.45) is 0 Å². The third kappa shape index (κ3) is 3.40. The van der Waals surface area contributed by atoms with Gasteiger partial charge in [-0.3, -0.25) is 4.72 Å². The third-order valence-electron chi connectivity index (χ3n) is 2.85. The van der Waals surface area contributed by atoms with Gasteiger partial charge in [-0.2, -0.15) is 0 Å². The molecular weight excluding hydrogens is 312 g/mol. The maximum atomic E-state index is 12.4. The van der Waals surface area contributed by atoms with Crippen molar-refractivity contribution < 1.29 is 13.2 Å². The Morgan fingerprint density at radius 2 is 1.90 bits per heavy atom. The number of rotatable bonds is 4. The Bertz CT molecular complexity index is 776. The summed E-state index contributed by atoms with van der Waals surface area (Å²) >= 11 is 5.94. The lowest BCUT2D eigenvalue weighted by Gasteiger charge is -2.13. The van der Waals surface area contributed by atoms with Crippen LogP contribution >= 0.6 is 11.6 Å². The summed E-state index contributed by atoms with van der Waals surface area (Å²) in [6.07, 6.45) is 0. The van der Waals surface area contributed by atoms with E-state index in [9.17, 15) is 8.42 Å². The van der Waals surface area contributed by atoms with Gasteiger partial charge in [-0.15, -0.1) is 0 Å². The number of aryl methyl sites for hydroxylation is 1. The highest BCUT2D eigenvalue weighted by atomic mass is 35.5. The Morgan fingerprint density at radius 3 is 2.57 bits per heavy atom. The first-order valence-electron chi connectivity index (χ1n) is 6.06. The van der Waals surface area contributed by atoms with E-state index in [-0.39, 0.29) is 9.92 Å². The molecule has 7 heteroatoms. The molecule has 0 atom stereocenters. The number of hydrogen-bond acceptors (Lipinski definition) is 4. The summed E-state index contributed by atoms with van der Waals surface area (Å²) in [5.74, 6) is 0.429. The van der Waals surface area contributed by atoms with E-state index in [0.29, 0.717) is 17.1 Å². The molecule has 0 bridgehead atoms. The van der Waals surface area contributed by atoms with Crippen LogP contribution in [0.25, 0.3) is 0 Å². The van der Waals surface area contributed by atoms with Gasteiger partial charge in [0.15, 0.2) is 0 Å². The number of methoxy groups -OCH3 is 1. The molecule has 0 aliphatic heterocycles. The van der Waals surface area contributed by atoms with Crippen LogP contribution in [0.15, 0.2) is 41.3 Å². The number of nitrogens with two attached hydrogens (primary N) is 1. The van der Waals surface area contributed by atoms with E-state index < -0.39 is 10.0 Å². The summed E-state index contributed by atoms with van der Waals surface area (Å²) in [5.41, 5.74) is 7.22. The van der Waals surface area contributed by atoms with Crippen LogP contribution in [0, 0.1) is 6.92 Å². The predicted octanol–water partition coefficient (Wildman–Crippen LogP) is 3.04. The molecule has 0 heterocycles. The molecule has 112 valence electrons. The minimum Gasteiger partial charge on any atom is -0.495 e. The van der Waals surface area contributed by atoms with E-state index in [0.717, 1.165) is 5.56 Å². The molecule has 2 aromatic carbocycles. The van der Waals surface area contributed by atoms with Crippen molar-refractivity contribution in [3.05, 3.63) is 47.0 Å². The van der Waals surface area contributed by atoms with Crippen molar-refractivity contribution in [3.8, 4) is 5.75 Å². The minimum absolute atomic E-state index is 0.0770. The highest BCUT2D eigenvalue weighted by Crippen LogP contribution is 2.30. The zero-order valence-electron chi connectivity index (χ0n) is 11.6. The van der Waals surface area contributed by atoms with Gasteiger partial charge in [0, 0.05) is 5.69 Å². The first kappa shape index (κ1) is 15.5. The molecule has 0 amide bonds. The summed E-state index contributed by atoms with van der Waals surface area (Å²) in [5, 5.41) is 0.0998. The molecule has 0 saturated carbocycles. The van der Waals surface area contributed by atoms with E-state index in [1.165, 1.54) is 25.3 Å². The molecule has 0 radical (unpaired) electrons. The molecule has 2 aromatic rings. The van der Waals surface area contributed by atoms with Gasteiger partial charge in [0.1, 0.15) is 10.6 Å². The van der Waals surface area contributed by atoms with Gasteiger partial charge in [0.05, 0.1) is 17.8 Å². The van der Waals surface area contributed by atoms with Crippen molar-refractivity contribution in [2.45, 2.75) is 11.8 Å². The molecule has 21 heavy (non-hydrogen) atoms. The fraction of sp³-hybridized carbons (Fsp3) is 0.143. The third-order valence-corrected chi connectivity index (χ3v) is 4.69. The van der Waals surface area contributed by atoms with Crippen LogP contribution in [-0.4, -0.2) is 15.5 Å². The molecule has 0 fully saturated rings. The Hall–Kier alpha value is -1.92. The fourth-order valence-electron chi connectivity index (χ4n) is 1.81. The normalized spacial score (nSPS) is 11.2. The zero-order chi connectivity index (χ0) is 15.6. The molecule has 0 spiro atoms. The van der Waals surface area contributed by atoms with Crippen molar-refractivity contribution in [2.75, 3.05) is 17.6 Å². The Morgan fingerprint density at radius 1 is 1.19 bits per heavy atom. The number of nitrogen functional groups attached to an aromatic ring is 1. The van der Waals surface area contributed by atoms with Gasteiger partial charge in [-0.25, -0.2) is 8.42 Å². The van der Waals surface area contributed by atoms with E-state index in [1.807, 2.05) is 6.92 Å². The number of ether oxygens (including phenoxy) is 1. The Balaban J connectivity index is 2.45. The summed E-state index contributed by atoms with van der Waals surface area (Å²) < 4.78 is 32.5. The predicted molar refractivity (Wildman–Crippen MR) is 84.4 cm³/mol. The highest BCUT2D eigenvalue weighted by molar-refractivity contribution is 7.92. The van der Waals surface area contributed by atoms with Crippen LogP contribution < -0.4 is 15.2 Å². The van der Waals surface area contributed by atoms with Gasteiger partial charge >= 0.3 is 0 Å². The number of anilines is 2. The van der Waals surface area contributed by atoms with Crippen LogP contribution in [0.2, 0.25) is 5.02 Å². The number of benzene rings is 2. The summed E-state index contributed by atoms with van der Waals surface area (Å²) in [6, 6.07) is 9.43. The van der Waals surface area contributed by atoms with E-state index in [2.05, 4.69) is 4.72 Å². The van der Waals surface area contributed by atoms with Gasteiger partial charge in [-0.05, 0) is 42.8 Å². The molecule has 3 N–H and O–H groups in total. The maximum absolute atomic E-state index is 12.4. The van der Waals surface area contributed by atoms with Gasteiger partial charge < -0.3 is 10.5 Å². The summed E-state index contributed by atoms with van der Waals surface area (Å²) in [7, 11) is -2.38. The van der Waals surface area contributed by atoms with Crippen LogP contribution in [-0.2, 0) is 10.0 Å².